The first-order valence-electron chi connectivity index (χ1n) is 9.54. The molecule has 0 radical (unpaired) electrons. The molecule has 0 saturated heterocycles. The standard InChI is InChI=1S/C20H32N2O4S2/c1-4-5-6-7-8-13-18-27(23,24)21-28(25,26)20-16-10-9-14-19(20)15-11-12-17-22(2)3/h9-12,14-17,21H,4-8,13,18H2,1-3H3/b15-11-,17-12+. The van der Waals surface area contributed by atoms with Crippen molar-refractivity contribution in [3.63, 3.8) is 0 Å². The van der Waals surface area contributed by atoms with E-state index in [0.29, 0.717) is 12.0 Å². The Labute approximate surface area is 170 Å². The molecule has 0 spiro atoms. The SMILES string of the molecule is CCCCCCCCS(=O)(=O)NS(=O)(=O)c1ccccc1/C=C\C=C\N(C)C. The van der Waals surface area contributed by atoms with Gasteiger partial charge in [0.25, 0.3) is 10.0 Å². The first-order chi connectivity index (χ1) is 13.2. The number of unbranched alkanes of at least 4 members (excludes halogenated alkanes) is 5. The minimum absolute atomic E-state index is 0.0592. The van der Waals surface area contributed by atoms with Crippen molar-refractivity contribution in [2.24, 2.45) is 0 Å². The first kappa shape index (κ1) is 24.4. The van der Waals surface area contributed by atoms with Crippen molar-refractivity contribution in [2.75, 3.05) is 19.8 Å². The monoisotopic (exact) mass is 428 g/mol. The number of hydrogen-bond acceptors (Lipinski definition) is 5. The molecule has 0 aromatic heterocycles. The van der Waals surface area contributed by atoms with E-state index in [1.165, 1.54) is 6.07 Å². The summed E-state index contributed by atoms with van der Waals surface area (Å²) < 4.78 is 51.6. The van der Waals surface area contributed by atoms with E-state index in [1.54, 1.807) is 36.4 Å². The highest BCUT2D eigenvalue weighted by molar-refractivity contribution is 8.04. The largest absolute Gasteiger partial charge is 0.383 e. The molecule has 158 valence electrons. The zero-order valence-corrected chi connectivity index (χ0v) is 18.6. The van der Waals surface area contributed by atoms with Crippen molar-refractivity contribution in [3.8, 4) is 0 Å². The van der Waals surface area contributed by atoms with Crippen LogP contribution in [0.2, 0.25) is 0 Å². The summed E-state index contributed by atoms with van der Waals surface area (Å²) in [6, 6.07) is 6.31. The number of nitrogens with one attached hydrogen (secondary N) is 1. The number of benzene rings is 1. The minimum atomic E-state index is -4.18. The molecule has 0 heterocycles. The van der Waals surface area contributed by atoms with Gasteiger partial charge in [-0.25, -0.2) is 16.8 Å². The Bertz CT molecular complexity index is 858. The van der Waals surface area contributed by atoms with Crippen LogP contribution in [0.4, 0.5) is 0 Å². The lowest BCUT2D eigenvalue weighted by atomic mass is 10.1. The van der Waals surface area contributed by atoms with Gasteiger partial charge in [-0.1, -0.05) is 69.4 Å². The zero-order valence-electron chi connectivity index (χ0n) is 17.0. The summed E-state index contributed by atoms with van der Waals surface area (Å²) in [6.07, 6.45) is 12.4. The molecule has 8 heteroatoms. The van der Waals surface area contributed by atoms with Crippen LogP contribution in [0.5, 0.6) is 0 Å². The molecular formula is C20H32N2O4S2. The topological polar surface area (TPSA) is 83.5 Å². The number of hydrogen-bond donors (Lipinski definition) is 1. The molecule has 28 heavy (non-hydrogen) atoms. The van der Waals surface area contributed by atoms with Gasteiger partial charge in [-0.05, 0) is 30.3 Å². The third kappa shape index (κ3) is 9.52. The highest BCUT2D eigenvalue weighted by atomic mass is 32.3. The molecular weight excluding hydrogens is 396 g/mol. The Morgan fingerprint density at radius 3 is 2.25 bits per heavy atom. The molecule has 0 aliphatic carbocycles. The van der Waals surface area contributed by atoms with E-state index in [0.717, 1.165) is 32.1 Å². The van der Waals surface area contributed by atoms with Crippen molar-refractivity contribution in [1.29, 1.82) is 0 Å². The van der Waals surface area contributed by atoms with Gasteiger partial charge in [0.05, 0.1) is 10.6 Å². The lowest BCUT2D eigenvalue weighted by molar-refractivity contribution is 0.564. The van der Waals surface area contributed by atoms with Crippen LogP contribution >= 0.6 is 0 Å². The van der Waals surface area contributed by atoms with Crippen molar-refractivity contribution in [1.82, 2.24) is 9.03 Å². The van der Waals surface area contributed by atoms with Crippen LogP contribution in [-0.4, -0.2) is 41.6 Å². The van der Waals surface area contributed by atoms with Crippen LogP contribution in [-0.2, 0) is 20.0 Å². The van der Waals surface area contributed by atoms with Crippen LogP contribution in [0.15, 0.2) is 47.5 Å². The van der Waals surface area contributed by atoms with Gasteiger partial charge in [-0.3, -0.25) is 0 Å². The second-order valence-corrected chi connectivity index (χ2v) is 10.6. The van der Waals surface area contributed by atoms with Crippen molar-refractivity contribution >= 4 is 26.1 Å². The van der Waals surface area contributed by atoms with Gasteiger partial charge in [0.1, 0.15) is 0 Å². The van der Waals surface area contributed by atoms with Crippen LogP contribution in [0.25, 0.3) is 6.08 Å². The van der Waals surface area contributed by atoms with Crippen molar-refractivity contribution < 1.29 is 16.8 Å². The Morgan fingerprint density at radius 1 is 0.929 bits per heavy atom. The summed E-state index contributed by atoms with van der Waals surface area (Å²) >= 11 is 0. The van der Waals surface area contributed by atoms with E-state index in [1.807, 2.05) is 29.3 Å². The average molecular weight is 429 g/mol. The maximum absolute atomic E-state index is 12.6. The van der Waals surface area contributed by atoms with Gasteiger partial charge in [-0.2, -0.15) is 0 Å². The van der Waals surface area contributed by atoms with Crippen molar-refractivity contribution in [3.05, 3.63) is 48.2 Å². The predicted molar refractivity (Wildman–Crippen MR) is 116 cm³/mol. The third-order valence-electron chi connectivity index (χ3n) is 3.98. The summed E-state index contributed by atoms with van der Waals surface area (Å²) in [5, 5.41) is 0. The van der Waals surface area contributed by atoms with E-state index >= 15 is 0 Å². The fourth-order valence-electron chi connectivity index (χ4n) is 2.57. The molecule has 1 aromatic carbocycles. The quantitative estimate of drug-likeness (QED) is 0.382. The predicted octanol–water partition coefficient (Wildman–Crippen LogP) is 3.74. The molecule has 0 fully saturated rings. The van der Waals surface area contributed by atoms with Gasteiger partial charge in [0.15, 0.2) is 0 Å². The third-order valence-corrected chi connectivity index (χ3v) is 7.65. The number of rotatable bonds is 13. The highest BCUT2D eigenvalue weighted by Crippen LogP contribution is 2.18. The maximum atomic E-state index is 12.6. The van der Waals surface area contributed by atoms with E-state index in [2.05, 4.69) is 6.92 Å². The summed E-state index contributed by atoms with van der Waals surface area (Å²) in [7, 11) is -4.34. The fourth-order valence-corrected chi connectivity index (χ4v) is 5.89. The molecule has 0 atom stereocenters. The van der Waals surface area contributed by atoms with E-state index in [4.69, 9.17) is 0 Å². The summed E-state index contributed by atoms with van der Waals surface area (Å²) in [4.78, 5) is 1.79. The number of nitrogens with zero attached hydrogens (tertiary/aromatic N) is 1. The smallest absolute Gasteiger partial charge is 0.254 e. The molecule has 0 aliphatic rings. The Morgan fingerprint density at radius 2 is 1.57 bits per heavy atom. The van der Waals surface area contributed by atoms with Crippen LogP contribution in [0, 0.1) is 0 Å². The van der Waals surface area contributed by atoms with Crippen LogP contribution < -0.4 is 4.13 Å². The summed E-state index contributed by atoms with van der Waals surface area (Å²) in [5.74, 6) is -0.193. The molecule has 1 aromatic rings. The second kappa shape index (κ2) is 12.0. The lowest BCUT2D eigenvalue weighted by Gasteiger charge is -2.10. The van der Waals surface area contributed by atoms with E-state index in [-0.39, 0.29) is 10.6 Å². The van der Waals surface area contributed by atoms with Crippen LogP contribution in [0.3, 0.4) is 0 Å². The Balaban J connectivity index is 2.81. The van der Waals surface area contributed by atoms with Gasteiger partial charge in [-0.15, -0.1) is 4.13 Å². The van der Waals surface area contributed by atoms with Gasteiger partial charge < -0.3 is 4.90 Å². The molecule has 0 aliphatic heterocycles. The lowest BCUT2D eigenvalue weighted by Crippen LogP contribution is -2.33. The summed E-state index contributed by atoms with van der Waals surface area (Å²) in [5.41, 5.74) is 0.424. The maximum Gasteiger partial charge on any atom is 0.254 e. The molecule has 1 rings (SSSR count). The van der Waals surface area contributed by atoms with Crippen LogP contribution in [0.1, 0.15) is 51.0 Å². The minimum Gasteiger partial charge on any atom is -0.383 e. The second-order valence-electron chi connectivity index (χ2n) is 6.88. The molecule has 0 bridgehead atoms. The highest BCUT2D eigenvalue weighted by Gasteiger charge is 2.24. The van der Waals surface area contributed by atoms with E-state index < -0.39 is 20.0 Å². The summed E-state index contributed by atoms with van der Waals surface area (Å²) in [6.45, 7) is 2.12. The van der Waals surface area contributed by atoms with Crippen molar-refractivity contribution in [2.45, 2.75) is 50.3 Å². The van der Waals surface area contributed by atoms with Gasteiger partial charge in [0.2, 0.25) is 10.0 Å². The first-order valence-corrected chi connectivity index (χ1v) is 12.7. The zero-order chi connectivity index (χ0) is 21.0. The Hall–Kier alpha value is -1.64. The fraction of sp³-hybridized carbons (Fsp3) is 0.500. The number of allylic oxidation sites excluding steroid dienone is 2. The number of sulfonamides is 2. The normalized spacial score (nSPS) is 12.8. The van der Waals surface area contributed by atoms with Gasteiger partial charge >= 0.3 is 0 Å². The Kier molecular flexibility index (Phi) is 10.5. The molecule has 1 N–H and O–H groups in total. The van der Waals surface area contributed by atoms with Gasteiger partial charge in [0, 0.05) is 14.1 Å². The molecule has 0 saturated carbocycles. The molecule has 0 amide bonds. The average Bonchev–Trinajstić information content (AvgIpc) is 2.61. The van der Waals surface area contributed by atoms with E-state index in [9.17, 15) is 16.8 Å². The molecule has 0 unspecified atom stereocenters. The molecule has 6 nitrogen and oxygen atoms in total.